The van der Waals surface area contributed by atoms with Gasteiger partial charge >= 0.3 is 12.3 Å². The topological polar surface area (TPSA) is 84.2 Å². The van der Waals surface area contributed by atoms with Crippen LogP contribution in [0.2, 0.25) is 0 Å². The SMILES string of the molecule is CC(C)(C)OC(=O)N1CCCC(c2noc(-c3cc(C(F)(F)F)c[nH]3)n2)C1. The summed E-state index contributed by atoms with van der Waals surface area (Å²) in [6.45, 7) is 6.32. The highest BCUT2D eigenvalue weighted by atomic mass is 19.4. The van der Waals surface area contributed by atoms with E-state index < -0.39 is 23.4 Å². The summed E-state index contributed by atoms with van der Waals surface area (Å²) in [4.78, 5) is 20.5. The number of amides is 1. The third kappa shape index (κ3) is 4.61. The molecule has 1 amide bonds. The Morgan fingerprint density at radius 2 is 2.11 bits per heavy atom. The van der Waals surface area contributed by atoms with Crippen molar-refractivity contribution in [2.24, 2.45) is 0 Å². The summed E-state index contributed by atoms with van der Waals surface area (Å²) in [5.74, 6) is 0.178. The first-order valence-corrected chi connectivity index (χ1v) is 8.60. The van der Waals surface area contributed by atoms with Gasteiger partial charge in [0.15, 0.2) is 5.82 Å². The lowest BCUT2D eigenvalue weighted by Gasteiger charge is -2.32. The molecule has 0 bridgehead atoms. The highest BCUT2D eigenvalue weighted by Crippen LogP contribution is 2.32. The van der Waals surface area contributed by atoms with Crippen LogP contribution in [0.1, 0.15) is 50.9 Å². The number of halogens is 3. The summed E-state index contributed by atoms with van der Waals surface area (Å²) in [7, 11) is 0. The van der Waals surface area contributed by atoms with Crippen LogP contribution >= 0.6 is 0 Å². The zero-order valence-electron chi connectivity index (χ0n) is 15.3. The Hall–Kier alpha value is -2.52. The largest absolute Gasteiger partial charge is 0.444 e. The molecular weight excluding hydrogens is 365 g/mol. The molecule has 1 atom stereocenters. The van der Waals surface area contributed by atoms with Crippen molar-refractivity contribution in [2.45, 2.75) is 51.3 Å². The second-order valence-electron chi connectivity index (χ2n) is 7.52. The number of piperidine rings is 1. The van der Waals surface area contributed by atoms with E-state index in [0.717, 1.165) is 25.1 Å². The van der Waals surface area contributed by atoms with Gasteiger partial charge in [-0.15, -0.1) is 0 Å². The monoisotopic (exact) mass is 386 g/mol. The molecule has 7 nitrogen and oxygen atoms in total. The number of nitrogens with zero attached hydrogens (tertiary/aromatic N) is 3. The maximum atomic E-state index is 12.7. The summed E-state index contributed by atoms with van der Waals surface area (Å²) in [6.07, 6.45) is -2.51. The van der Waals surface area contributed by atoms with Gasteiger partial charge in [-0.2, -0.15) is 18.2 Å². The predicted molar refractivity (Wildman–Crippen MR) is 88.9 cm³/mol. The van der Waals surface area contributed by atoms with Crippen molar-refractivity contribution in [3.8, 4) is 11.6 Å². The fourth-order valence-corrected chi connectivity index (χ4v) is 2.87. The summed E-state index contributed by atoms with van der Waals surface area (Å²) in [5.41, 5.74) is -1.31. The first-order chi connectivity index (χ1) is 12.5. The Balaban J connectivity index is 1.70. The molecule has 1 N–H and O–H groups in total. The van der Waals surface area contributed by atoms with Gasteiger partial charge in [-0.05, 0) is 39.7 Å². The molecule has 3 rings (SSSR count). The lowest BCUT2D eigenvalue weighted by Crippen LogP contribution is -2.42. The summed E-state index contributed by atoms with van der Waals surface area (Å²) >= 11 is 0. The van der Waals surface area contributed by atoms with E-state index in [-0.39, 0.29) is 17.5 Å². The molecule has 1 fully saturated rings. The fraction of sp³-hybridized carbons (Fsp3) is 0.588. The summed E-state index contributed by atoms with van der Waals surface area (Å²) < 4.78 is 48.6. The van der Waals surface area contributed by atoms with Crippen LogP contribution in [0.15, 0.2) is 16.8 Å². The molecule has 3 heterocycles. The van der Waals surface area contributed by atoms with Crippen molar-refractivity contribution >= 4 is 6.09 Å². The normalized spacial score (nSPS) is 18.6. The van der Waals surface area contributed by atoms with Crippen molar-refractivity contribution in [3.05, 3.63) is 23.7 Å². The molecule has 0 saturated carbocycles. The lowest BCUT2D eigenvalue weighted by molar-refractivity contribution is -0.137. The number of likely N-dealkylation sites (tertiary alicyclic amines) is 1. The van der Waals surface area contributed by atoms with Gasteiger partial charge in [0, 0.05) is 25.2 Å². The van der Waals surface area contributed by atoms with E-state index in [0.29, 0.717) is 18.9 Å². The van der Waals surface area contributed by atoms with Crippen molar-refractivity contribution in [1.82, 2.24) is 20.0 Å². The number of hydrogen-bond acceptors (Lipinski definition) is 5. The van der Waals surface area contributed by atoms with Crippen LogP contribution in [0.25, 0.3) is 11.6 Å². The third-order valence-electron chi connectivity index (χ3n) is 4.12. The number of hydrogen-bond donors (Lipinski definition) is 1. The van der Waals surface area contributed by atoms with Crippen molar-refractivity contribution in [3.63, 3.8) is 0 Å². The molecule has 1 saturated heterocycles. The van der Waals surface area contributed by atoms with Crippen LogP contribution in [0, 0.1) is 0 Å². The van der Waals surface area contributed by atoms with E-state index in [1.165, 1.54) is 0 Å². The molecule has 2 aromatic heterocycles. The number of carbonyl (C=O) groups excluding carboxylic acids is 1. The second kappa shape index (κ2) is 6.90. The number of ether oxygens (including phenoxy) is 1. The number of aromatic nitrogens is 3. The van der Waals surface area contributed by atoms with E-state index in [9.17, 15) is 18.0 Å². The van der Waals surface area contributed by atoms with Crippen molar-refractivity contribution in [1.29, 1.82) is 0 Å². The van der Waals surface area contributed by atoms with Crippen molar-refractivity contribution < 1.29 is 27.2 Å². The minimum Gasteiger partial charge on any atom is -0.444 e. The van der Waals surface area contributed by atoms with Crippen molar-refractivity contribution in [2.75, 3.05) is 13.1 Å². The second-order valence-corrected chi connectivity index (χ2v) is 7.52. The van der Waals surface area contributed by atoms with Gasteiger partial charge in [-0.3, -0.25) is 0 Å². The highest BCUT2D eigenvalue weighted by Gasteiger charge is 2.33. The van der Waals surface area contributed by atoms with Gasteiger partial charge in [0.05, 0.1) is 5.56 Å². The number of rotatable bonds is 2. The maximum absolute atomic E-state index is 12.7. The number of carbonyl (C=O) groups is 1. The minimum atomic E-state index is -4.45. The molecule has 0 radical (unpaired) electrons. The summed E-state index contributed by atoms with van der Waals surface area (Å²) in [6, 6.07) is 0.922. The molecule has 148 valence electrons. The van der Waals surface area contributed by atoms with Gasteiger partial charge in [0.2, 0.25) is 0 Å². The Kier molecular flexibility index (Phi) is 4.92. The number of aromatic amines is 1. The standard InChI is InChI=1S/C17H21F3N4O3/c1-16(2,3)26-15(25)24-6-4-5-10(9-24)13-22-14(27-23-13)12-7-11(8-21-12)17(18,19)20/h7-8,10,21H,4-6,9H2,1-3H3. The molecule has 0 aliphatic carbocycles. The molecule has 0 aromatic carbocycles. The minimum absolute atomic E-state index is 0.0186. The molecule has 1 aliphatic rings. The van der Waals surface area contributed by atoms with E-state index in [4.69, 9.17) is 9.26 Å². The Morgan fingerprint density at radius 1 is 1.37 bits per heavy atom. The first-order valence-electron chi connectivity index (χ1n) is 8.60. The average Bonchev–Trinajstić information content (AvgIpc) is 3.22. The van der Waals surface area contributed by atoms with Gasteiger partial charge < -0.3 is 19.1 Å². The molecule has 2 aromatic rings. The molecule has 0 spiro atoms. The van der Waals surface area contributed by atoms with Gasteiger partial charge in [0.1, 0.15) is 11.3 Å². The number of nitrogens with one attached hydrogen (secondary N) is 1. The van der Waals surface area contributed by atoms with Crippen LogP contribution in [-0.2, 0) is 10.9 Å². The first kappa shape index (κ1) is 19.2. The van der Waals surface area contributed by atoms with E-state index in [2.05, 4.69) is 15.1 Å². The average molecular weight is 386 g/mol. The van der Waals surface area contributed by atoms with E-state index >= 15 is 0 Å². The number of H-pyrrole nitrogens is 1. The van der Waals surface area contributed by atoms with Gasteiger partial charge in [0.25, 0.3) is 5.89 Å². The van der Waals surface area contributed by atoms with Crippen LogP contribution < -0.4 is 0 Å². The van der Waals surface area contributed by atoms with Gasteiger partial charge in [-0.25, -0.2) is 4.79 Å². The quantitative estimate of drug-likeness (QED) is 0.836. The van der Waals surface area contributed by atoms with Gasteiger partial charge in [-0.1, -0.05) is 5.16 Å². The number of alkyl halides is 3. The van der Waals surface area contributed by atoms with Crippen LogP contribution in [-0.4, -0.2) is 44.8 Å². The Morgan fingerprint density at radius 3 is 2.74 bits per heavy atom. The highest BCUT2D eigenvalue weighted by molar-refractivity contribution is 5.68. The van der Waals surface area contributed by atoms with E-state index in [1.807, 2.05) is 0 Å². The Bertz CT molecular complexity index is 807. The third-order valence-corrected chi connectivity index (χ3v) is 4.12. The smallest absolute Gasteiger partial charge is 0.417 e. The molecule has 1 aliphatic heterocycles. The molecule has 27 heavy (non-hydrogen) atoms. The van der Waals surface area contributed by atoms with Crippen LogP contribution in [0.4, 0.5) is 18.0 Å². The molecule has 10 heteroatoms. The molecule has 1 unspecified atom stereocenters. The van der Waals surface area contributed by atoms with Crippen LogP contribution in [0.3, 0.4) is 0 Å². The van der Waals surface area contributed by atoms with Crippen LogP contribution in [0.5, 0.6) is 0 Å². The summed E-state index contributed by atoms with van der Waals surface area (Å²) in [5, 5.41) is 3.89. The lowest BCUT2D eigenvalue weighted by atomic mass is 9.98. The predicted octanol–water partition coefficient (Wildman–Crippen LogP) is 4.20. The van der Waals surface area contributed by atoms with E-state index in [1.54, 1.807) is 25.7 Å². The Labute approximate surface area is 153 Å². The zero-order valence-corrected chi connectivity index (χ0v) is 15.3. The zero-order chi connectivity index (χ0) is 19.8. The fourth-order valence-electron chi connectivity index (χ4n) is 2.87. The maximum Gasteiger partial charge on any atom is 0.417 e. The molecular formula is C17H21F3N4O3.